The predicted octanol–water partition coefficient (Wildman–Crippen LogP) is 0.728. The Bertz CT molecular complexity index is 568. The molecule has 19 heavy (non-hydrogen) atoms. The maximum absolute atomic E-state index is 11.9. The molecule has 0 spiro atoms. The van der Waals surface area contributed by atoms with Crippen molar-refractivity contribution in [3.8, 4) is 0 Å². The number of fused-ring (bicyclic) bond motifs is 1. The molecule has 104 valence electrons. The van der Waals surface area contributed by atoms with Crippen LogP contribution in [0.25, 0.3) is 11.0 Å². The highest BCUT2D eigenvalue weighted by Crippen LogP contribution is 2.12. The smallest absolute Gasteiger partial charge is 0.251 e. The summed E-state index contributed by atoms with van der Waals surface area (Å²) in [6, 6.07) is 5.63. The number of carbonyl (C=O) groups excluding carboxylic acids is 1. The van der Waals surface area contributed by atoms with Crippen LogP contribution in [-0.2, 0) is 7.05 Å². The van der Waals surface area contributed by atoms with Crippen molar-refractivity contribution in [1.29, 1.82) is 0 Å². The fourth-order valence-corrected chi connectivity index (χ4v) is 1.63. The minimum absolute atomic E-state index is 0. The van der Waals surface area contributed by atoms with E-state index >= 15 is 0 Å². The highest BCUT2D eigenvalue weighted by molar-refractivity contribution is 5.97. The van der Waals surface area contributed by atoms with Gasteiger partial charge in [-0.1, -0.05) is 5.21 Å². The Kier molecular flexibility index (Phi) is 5.26. The van der Waals surface area contributed by atoms with Crippen molar-refractivity contribution >= 4 is 29.3 Å². The predicted molar refractivity (Wildman–Crippen MR) is 76.6 cm³/mol. The molecular weight excluding hydrogens is 266 g/mol. The van der Waals surface area contributed by atoms with Crippen LogP contribution >= 0.6 is 12.4 Å². The molecule has 0 saturated carbocycles. The average molecular weight is 284 g/mol. The van der Waals surface area contributed by atoms with Gasteiger partial charge in [0.1, 0.15) is 5.52 Å². The van der Waals surface area contributed by atoms with Gasteiger partial charge in [-0.15, -0.1) is 17.5 Å². The molecule has 7 heteroatoms. The molecule has 2 rings (SSSR count). The summed E-state index contributed by atoms with van der Waals surface area (Å²) in [7, 11) is 3.69. The van der Waals surface area contributed by atoms with Crippen molar-refractivity contribution < 1.29 is 4.79 Å². The molecule has 0 radical (unpaired) electrons. The van der Waals surface area contributed by atoms with Crippen LogP contribution in [0, 0.1) is 0 Å². The van der Waals surface area contributed by atoms with Crippen molar-refractivity contribution in [2.45, 2.75) is 13.0 Å². The normalized spacial score (nSPS) is 11.9. The van der Waals surface area contributed by atoms with Crippen LogP contribution in [0.4, 0.5) is 0 Å². The van der Waals surface area contributed by atoms with Gasteiger partial charge >= 0.3 is 0 Å². The number of benzene rings is 1. The quantitative estimate of drug-likeness (QED) is 0.868. The summed E-state index contributed by atoms with van der Waals surface area (Å²) in [6.45, 7) is 2.60. The van der Waals surface area contributed by atoms with Crippen molar-refractivity contribution in [3.05, 3.63) is 23.8 Å². The van der Waals surface area contributed by atoms with Crippen LogP contribution in [-0.4, -0.2) is 40.5 Å². The summed E-state index contributed by atoms with van der Waals surface area (Å²) < 4.78 is 1.68. The van der Waals surface area contributed by atoms with E-state index < -0.39 is 0 Å². The number of halogens is 1. The standard InChI is InChI=1S/C12H17N5O.ClH/c1-8(13-2)7-14-12(18)9-4-5-11-10(6-9)15-16-17(11)3;/h4-6,8,13H,7H2,1-3H3,(H,14,18);1H. The summed E-state index contributed by atoms with van der Waals surface area (Å²) >= 11 is 0. The summed E-state index contributed by atoms with van der Waals surface area (Å²) in [4.78, 5) is 11.9. The van der Waals surface area contributed by atoms with E-state index in [0.29, 0.717) is 12.1 Å². The van der Waals surface area contributed by atoms with Gasteiger partial charge in [-0.05, 0) is 32.2 Å². The molecule has 0 aliphatic heterocycles. The van der Waals surface area contributed by atoms with E-state index in [2.05, 4.69) is 20.9 Å². The Hall–Kier alpha value is -1.66. The van der Waals surface area contributed by atoms with Crippen LogP contribution in [0.3, 0.4) is 0 Å². The maximum Gasteiger partial charge on any atom is 0.251 e. The molecule has 1 unspecified atom stereocenters. The largest absolute Gasteiger partial charge is 0.350 e. The zero-order valence-electron chi connectivity index (χ0n) is 11.2. The number of carbonyl (C=O) groups is 1. The number of likely N-dealkylation sites (N-methyl/N-ethyl adjacent to an activating group) is 1. The van der Waals surface area contributed by atoms with Gasteiger partial charge in [0.15, 0.2) is 0 Å². The number of nitrogens with one attached hydrogen (secondary N) is 2. The van der Waals surface area contributed by atoms with Crippen molar-refractivity contribution in [3.63, 3.8) is 0 Å². The lowest BCUT2D eigenvalue weighted by atomic mass is 10.2. The first kappa shape index (κ1) is 15.4. The second-order valence-electron chi connectivity index (χ2n) is 4.32. The van der Waals surface area contributed by atoms with Gasteiger partial charge in [0, 0.05) is 25.2 Å². The number of hydrogen-bond donors (Lipinski definition) is 2. The molecule has 1 atom stereocenters. The molecular formula is C12H18ClN5O. The lowest BCUT2D eigenvalue weighted by molar-refractivity contribution is 0.0950. The Balaban J connectivity index is 0.00000180. The third-order valence-corrected chi connectivity index (χ3v) is 2.93. The third-order valence-electron chi connectivity index (χ3n) is 2.93. The van der Waals surface area contributed by atoms with Crippen LogP contribution in [0.5, 0.6) is 0 Å². The van der Waals surface area contributed by atoms with Gasteiger partial charge < -0.3 is 10.6 Å². The van der Waals surface area contributed by atoms with Gasteiger partial charge in [0.25, 0.3) is 5.91 Å². The number of hydrogen-bond acceptors (Lipinski definition) is 4. The molecule has 6 nitrogen and oxygen atoms in total. The van der Waals surface area contributed by atoms with Gasteiger partial charge in [-0.3, -0.25) is 4.79 Å². The molecule has 1 amide bonds. The Labute approximate surface area is 118 Å². The first-order valence-corrected chi connectivity index (χ1v) is 5.86. The van der Waals surface area contributed by atoms with E-state index in [-0.39, 0.29) is 24.4 Å². The molecule has 0 bridgehead atoms. The summed E-state index contributed by atoms with van der Waals surface area (Å²) in [5.41, 5.74) is 2.24. The van der Waals surface area contributed by atoms with E-state index in [9.17, 15) is 4.79 Å². The minimum atomic E-state index is -0.0929. The number of amides is 1. The van der Waals surface area contributed by atoms with Crippen LogP contribution in [0.2, 0.25) is 0 Å². The zero-order valence-corrected chi connectivity index (χ0v) is 12.0. The van der Waals surface area contributed by atoms with Crippen molar-refractivity contribution in [2.24, 2.45) is 7.05 Å². The number of rotatable bonds is 4. The highest BCUT2D eigenvalue weighted by Gasteiger charge is 2.09. The highest BCUT2D eigenvalue weighted by atomic mass is 35.5. The van der Waals surface area contributed by atoms with E-state index in [1.807, 2.05) is 27.1 Å². The monoisotopic (exact) mass is 283 g/mol. The van der Waals surface area contributed by atoms with Gasteiger partial charge in [0.05, 0.1) is 5.52 Å². The lowest BCUT2D eigenvalue weighted by Gasteiger charge is -2.11. The van der Waals surface area contributed by atoms with Crippen LogP contribution in [0.1, 0.15) is 17.3 Å². The SMILES string of the molecule is CNC(C)CNC(=O)c1ccc2c(c1)nnn2C.Cl. The third kappa shape index (κ3) is 3.42. The fourth-order valence-electron chi connectivity index (χ4n) is 1.63. The van der Waals surface area contributed by atoms with Gasteiger partial charge in [-0.25, -0.2) is 4.68 Å². The maximum atomic E-state index is 11.9. The topological polar surface area (TPSA) is 71.8 Å². The molecule has 2 N–H and O–H groups in total. The van der Waals surface area contributed by atoms with Gasteiger partial charge in [0.2, 0.25) is 0 Å². The van der Waals surface area contributed by atoms with Gasteiger partial charge in [-0.2, -0.15) is 0 Å². The van der Waals surface area contributed by atoms with Crippen LogP contribution in [0.15, 0.2) is 18.2 Å². The molecule has 0 aliphatic carbocycles. The molecule has 1 aromatic carbocycles. The minimum Gasteiger partial charge on any atom is -0.350 e. The van der Waals surface area contributed by atoms with E-state index in [0.717, 1.165) is 11.0 Å². The summed E-state index contributed by atoms with van der Waals surface area (Å²) in [5, 5.41) is 13.8. The number of nitrogens with zero attached hydrogens (tertiary/aromatic N) is 3. The molecule has 2 aromatic rings. The first-order chi connectivity index (χ1) is 8.61. The van der Waals surface area contributed by atoms with E-state index in [4.69, 9.17) is 0 Å². The van der Waals surface area contributed by atoms with E-state index in [1.54, 1.807) is 16.8 Å². The summed E-state index contributed by atoms with van der Waals surface area (Å²) in [5.74, 6) is -0.0929. The molecule has 1 heterocycles. The molecule has 0 saturated heterocycles. The first-order valence-electron chi connectivity index (χ1n) is 5.86. The average Bonchev–Trinajstić information content (AvgIpc) is 2.76. The second-order valence-corrected chi connectivity index (χ2v) is 4.32. The number of aromatic nitrogens is 3. The molecule has 0 fully saturated rings. The van der Waals surface area contributed by atoms with Crippen molar-refractivity contribution in [2.75, 3.05) is 13.6 Å². The second kappa shape index (κ2) is 6.49. The Morgan fingerprint density at radius 3 is 2.89 bits per heavy atom. The Morgan fingerprint density at radius 1 is 1.47 bits per heavy atom. The fraction of sp³-hybridized carbons (Fsp3) is 0.417. The number of aryl methyl sites for hydroxylation is 1. The van der Waals surface area contributed by atoms with E-state index in [1.165, 1.54) is 0 Å². The van der Waals surface area contributed by atoms with Crippen molar-refractivity contribution in [1.82, 2.24) is 25.6 Å². The lowest BCUT2D eigenvalue weighted by Crippen LogP contribution is -2.37. The molecule has 0 aliphatic rings. The Morgan fingerprint density at radius 2 is 2.21 bits per heavy atom. The zero-order chi connectivity index (χ0) is 13.1. The van der Waals surface area contributed by atoms with Crippen LogP contribution < -0.4 is 10.6 Å². The summed E-state index contributed by atoms with van der Waals surface area (Å²) in [6.07, 6.45) is 0. The molecule has 1 aromatic heterocycles.